The quantitative estimate of drug-likeness (QED) is 0.287. The van der Waals surface area contributed by atoms with Crippen molar-refractivity contribution in [3.8, 4) is 17.0 Å². The third-order valence-corrected chi connectivity index (χ3v) is 8.35. The topological polar surface area (TPSA) is 65.8 Å². The normalized spacial score (nSPS) is 16.1. The van der Waals surface area contributed by atoms with Crippen LogP contribution in [0.3, 0.4) is 0 Å². The Morgan fingerprint density at radius 1 is 0.951 bits per heavy atom. The van der Waals surface area contributed by atoms with Crippen LogP contribution >= 0.6 is 0 Å². The summed E-state index contributed by atoms with van der Waals surface area (Å²) in [7, 11) is 0. The van der Waals surface area contributed by atoms with Gasteiger partial charge in [-0.15, -0.1) is 0 Å². The van der Waals surface area contributed by atoms with Crippen LogP contribution in [-0.4, -0.2) is 65.4 Å². The standard InChI is InChI=1S/C34H41N5O2/c1-25-23-28(13-14-32(25)41-22-8-18-37-20-16-35-17-21-37)34(40)38-19-15-30-33(29-11-6-7-12-31(29)38)39(26(2)36-30)24-27-9-4-3-5-10-27/h3-7,9-14,23,34-35,40H,8,15-22,24H2,1-2H3. The molecule has 4 aromatic rings. The molecule has 1 aromatic heterocycles. The molecule has 0 radical (unpaired) electrons. The summed E-state index contributed by atoms with van der Waals surface area (Å²) in [5.41, 5.74) is 7.53. The number of aliphatic hydroxyl groups is 1. The van der Waals surface area contributed by atoms with Crippen LogP contribution in [0.25, 0.3) is 11.3 Å². The van der Waals surface area contributed by atoms with Crippen LogP contribution in [0.5, 0.6) is 5.75 Å². The number of para-hydroxylation sites is 1. The van der Waals surface area contributed by atoms with E-state index in [1.807, 2.05) is 18.2 Å². The molecule has 1 atom stereocenters. The van der Waals surface area contributed by atoms with E-state index in [1.165, 1.54) is 5.56 Å². The van der Waals surface area contributed by atoms with E-state index in [9.17, 15) is 5.11 Å². The SMILES string of the molecule is Cc1cc(C(O)N2CCc3nc(C)n(Cc4ccccc4)c3-c3ccccc32)ccc1OCCCN1CCNCC1. The number of benzene rings is 3. The van der Waals surface area contributed by atoms with Gasteiger partial charge in [0.25, 0.3) is 0 Å². The fourth-order valence-electron chi connectivity index (χ4n) is 6.17. The number of nitrogens with one attached hydrogen (secondary N) is 1. The Kier molecular flexibility index (Phi) is 8.37. The molecule has 1 saturated heterocycles. The lowest BCUT2D eigenvalue weighted by Crippen LogP contribution is -2.43. The summed E-state index contributed by atoms with van der Waals surface area (Å²) in [4.78, 5) is 9.60. The number of aliphatic hydroxyl groups excluding tert-OH is 1. The fourth-order valence-corrected chi connectivity index (χ4v) is 6.17. The number of hydrogen-bond donors (Lipinski definition) is 2. The second-order valence-electron chi connectivity index (χ2n) is 11.2. The van der Waals surface area contributed by atoms with Gasteiger partial charge >= 0.3 is 0 Å². The van der Waals surface area contributed by atoms with Crippen molar-refractivity contribution in [3.63, 3.8) is 0 Å². The van der Waals surface area contributed by atoms with E-state index in [4.69, 9.17) is 9.72 Å². The second kappa shape index (κ2) is 12.5. The van der Waals surface area contributed by atoms with Crippen molar-refractivity contribution in [3.05, 3.63) is 101 Å². The third-order valence-electron chi connectivity index (χ3n) is 8.35. The first-order valence-corrected chi connectivity index (χ1v) is 14.9. The summed E-state index contributed by atoms with van der Waals surface area (Å²) >= 11 is 0. The molecule has 0 bridgehead atoms. The number of piperazine rings is 1. The molecule has 41 heavy (non-hydrogen) atoms. The van der Waals surface area contributed by atoms with Crippen molar-refractivity contribution in [2.24, 2.45) is 0 Å². The number of aryl methyl sites for hydroxylation is 2. The molecule has 0 amide bonds. The first-order chi connectivity index (χ1) is 20.1. The lowest BCUT2D eigenvalue weighted by Gasteiger charge is -2.31. The van der Waals surface area contributed by atoms with Crippen LogP contribution in [0.1, 0.15) is 40.9 Å². The molecule has 2 N–H and O–H groups in total. The minimum absolute atomic E-state index is 0.677. The van der Waals surface area contributed by atoms with Crippen LogP contribution < -0.4 is 15.0 Å². The van der Waals surface area contributed by atoms with Gasteiger partial charge < -0.3 is 29.5 Å². The van der Waals surface area contributed by atoms with Crippen molar-refractivity contribution in [1.29, 1.82) is 0 Å². The zero-order chi connectivity index (χ0) is 28.2. The average molecular weight is 552 g/mol. The monoisotopic (exact) mass is 551 g/mol. The largest absolute Gasteiger partial charge is 0.493 e. The van der Waals surface area contributed by atoms with Crippen LogP contribution in [-0.2, 0) is 13.0 Å². The van der Waals surface area contributed by atoms with Gasteiger partial charge in [0.1, 0.15) is 11.6 Å². The summed E-state index contributed by atoms with van der Waals surface area (Å²) in [6.45, 7) is 11.7. The Labute approximate surface area is 243 Å². The molecule has 3 heterocycles. The zero-order valence-electron chi connectivity index (χ0n) is 24.2. The van der Waals surface area contributed by atoms with Gasteiger partial charge in [-0.25, -0.2) is 4.98 Å². The molecular weight excluding hydrogens is 510 g/mol. The van der Waals surface area contributed by atoms with E-state index in [-0.39, 0.29) is 0 Å². The van der Waals surface area contributed by atoms with E-state index >= 15 is 0 Å². The van der Waals surface area contributed by atoms with Crippen molar-refractivity contribution < 1.29 is 9.84 Å². The summed E-state index contributed by atoms with van der Waals surface area (Å²) in [6.07, 6.45) is 0.996. The van der Waals surface area contributed by atoms with Crippen LogP contribution in [0.15, 0.2) is 72.8 Å². The van der Waals surface area contributed by atoms with E-state index < -0.39 is 6.23 Å². The lowest BCUT2D eigenvalue weighted by molar-refractivity contribution is 0.171. The molecule has 0 aliphatic carbocycles. The highest BCUT2D eigenvalue weighted by Crippen LogP contribution is 2.40. The Balaban J connectivity index is 1.20. The summed E-state index contributed by atoms with van der Waals surface area (Å²) < 4.78 is 8.46. The summed E-state index contributed by atoms with van der Waals surface area (Å²) in [6, 6.07) is 25.0. The number of nitrogens with zero attached hydrogens (tertiary/aromatic N) is 4. The predicted molar refractivity (Wildman–Crippen MR) is 165 cm³/mol. The van der Waals surface area contributed by atoms with Gasteiger partial charge in [0.2, 0.25) is 0 Å². The maximum absolute atomic E-state index is 11.7. The van der Waals surface area contributed by atoms with Crippen molar-refractivity contribution in [2.45, 2.75) is 39.5 Å². The molecule has 0 spiro atoms. The van der Waals surface area contributed by atoms with Crippen LogP contribution in [0.2, 0.25) is 0 Å². The average Bonchev–Trinajstić information content (AvgIpc) is 3.21. The lowest BCUT2D eigenvalue weighted by atomic mass is 10.1. The Morgan fingerprint density at radius 2 is 1.73 bits per heavy atom. The van der Waals surface area contributed by atoms with E-state index in [1.54, 1.807) is 0 Å². The summed E-state index contributed by atoms with van der Waals surface area (Å²) in [5.74, 6) is 1.90. The molecule has 2 aliphatic heterocycles. The number of aromatic nitrogens is 2. The molecule has 6 rings (SSSR count). The number of rotatable bonds is 9. The Bertz CT molecular complexity index is 1460. The molecule has 214 valence electrons. The first-order valence-electron chi connectivity index (χ1n) is 14.9. The first kappa shape index (κ1) is 27.5. The Morgan fingerprint density at radius 3 is 2.54 bits per heavy atom. The van der Waals surface area contributed by atoms with E-state index in [2.05, 4.69) is 88.1 Å². The van der Waals surface area contributed by atoms with Gasteiger partial charge in [0.05, 0.1) is 18.0 Å². The van der Waals surface area contributed by atoms with E-state index in [0.717, 1.165) is 97.4 Å². The highest BCUT2D eigenvalue weighted by molar-refractivity contribution is 5.80. The van der Waals surface area contributed by atoms with Gasteiger partial charge in [0.15, 0.2) is 6.23 Å². The van der Waals surface area contributed by atoms with Gasteiger partial charge in [-0.1, -0.05) is 54.6 Å². The van der Waals surface area contributed by atoms with Gasteiger partial charge in [0, 0.05) is 69.0 Å². The summed E-state index contributed by atoms with van der Waals surface area (Å²) in [5, 5.41) is 15.1. The third kappa shape index (κ3) is 6.03. The smallest absolute Gasteiger partial charge is 0.153 e. The molecule has 1 unspecified atom stereocenters. The van der Waals surface area contributed by atoms with Crippen molar-refractivity contribution >= 4 is 5.69 Å². The predicted octanol–water partition coefficient (Wildman–Crippen LogP) is 4.94. The fraction of sp³-hybridized carbons (Fsp3) is 0.382. The van der Waals surface area contributed by atoms with Gasteiger partial charge in [-0.3, -0.25) is 0 Å². The number of fused-ring (bicyclic) bond motifs is 3. The molecule has 7 nitrogen and oxygen atoms in total. The highest BCUT2D eigenvalue weighted by atomic mass is 16.5. The minimum Gasteiger partial charge on any atom is -0.493 e. The molecule has 2 aliphatic rings. The number of hydrogen-bond acceptors (Lipinski definition) is 6. The Hall–Kier alpha value is -3.65. The molecule has 1 fully saturated rings. The minimum atomic E-state index is -0.774. The van der Waals surface area contributed by atoms with E-state index in [0.29, 0.717) is 13.2 Å². The molecule has 3 aromatic carbocycles. The maximum Gasteiger partial charge on any atom is 0.153 e. The molecular formula is C34H41N5O2. The number of anilines is 1. The van der Waals surface area contributed by atoms with Crippen molar-refractivity contribution in [1.82, 2.24) is 19.8 Å². The second-order valence-corrected chi connectivity index (χ2v) is 11.2. The van der Waals surface area contributed by atoms with Gasteiger partial charge in [-0.2, -0.15) is 0 Å². The highest BCUT2D eigenvalue weighted by Gasteiger charge is 2.29. The van der Waals surface area contributed by atoms with Crippen LogP contribution in [0, 0.1) is 13.8 Å². The maximum atomic E-state index is 11.7. The molecule has 0 saturated carbocycles. The molecule has 7 heteroatoms. The van der Waals surface area contributed by atoms with Crippen LogP contribution in [0.4, 0.5) is 5.69 Å². The zero-order valence-corrected chi connectivity index (χ0v) is 24.2. The van der Waals surface area contributed by atoms with Gasteiger partial charge in [-0.05, 0) is 49.6 Å². The number of imidazole rings is 1. The number of ether oxygens (including phenoxy) is 1. The van der Waals surface area contributed by atoms with Crippen molar-refractivity contribution in [2.75, 3.05) is 50.8 Å².